The Morgan fingerprint density at radius 3 is 1.96 bits per heavy atom. The van der Waals surface area contributed by atoms with Gasteiger partial charge in [-0.2, -0.15) is 0 Å². The van der Waals surface area contributed by atoms with Crippen LogP contribution < -0.4 is 0 Å². The Labute approximate surface area is 289 Å². The molecule has 0 amide bonds. The lowest BCUT2D eigenvalue weighted by molar-refractivity contribution is -0.267. The van der Waals surface area contributed by atoms with Gasteiger partial charge in [-0.3, -0.25) is 24.0 Å². The lowest BCUT2D eigenvalue weighted by Gasteiger charge is -2.65. The highest BCUT2D eigenvalue weighted by Gasteiger charge is 2.83. The Kier molecular flexibility index (Phi) is 7.59. The summed E-state index contributed by atoms with van der Waals surface area (Å²) in [6, 6.07) is 0. The number of rotatable bonds is 4. The van der Waals surface area contributed by atoms with Gasteiger partial charge < -0.3 is 38.6 Å². The maximum Gasteiger partial charge on any atom is 0.343 e. The van der Waals surface area contributed by atoms with Crippen molar-refractivity contribution in [1.82, 2.24) is 0 Å². The van der Waals surface area contributed by atoms with Crippen LogP contribution in [-0.4, -0.2) is 94.2 Å². The van der Waals surface area contributed by atoms with Gasteiger partial charge in [-0.25, -0.2) is 4.79 Å². The Hall–Kier alpha value is -3.36. The first-order valence-corrected chi connectivity index (χ1v) is 17.4. The van der Waals surface area contributed by atoms with E-state index in [-0.39, 0.29) is 12.2 Å². The standard InChI is InChI=1S/C36H46O14/c1-12-10-19-35(8,36(9,44)32(43)50-19)24-21(12)34(7)22(26(24)42)20-23(29(46-14(3)38)31(34)48-16(5)40)33(6)17(27(25(20)41)45-13(2)37)11-18-28(49-18)30(33)47-15(4)39/h10,12,17-18,20-24,26-31,42,44H,11H2,1-9H3/t12-,17-,18+,20+,21+,22+,23+,24+,26-,27-,28+,29+,30+,31+,33+,34-,35+,36-/m1/s1. The van der Waals surface area contributed by atoms with Crippen molar-refractivity contribution >= 4 is 35.6 Å². The SMILES string of the molecule is CC(=O)O[C@H]1[C@@H]2[C@@H](C(=O)[C@H](OC(C)=O)[C@H]3C[C@@H]4O[C@@H]4[C@H](OC(C)=O)[C@]23C)[C@H]2[C@@H](O)[C@@H]3[C@H]([C@H](C)C=C4OC(=O)[C@@](C)(O)[C@@]43C)[C@@]2(C)[C@H]1OC(C)=O. The van der Waals surface area contributed by atoms with Gasteiger partial charge in [0.2, 0.25) is 0 Å². The summed E-state index contributed by atoms with van der Waals surface area (Å²) in [6.07, 6.45) is -5.28. The van der Waals surface area contributed by atoms with Gasteiger partial charge in [-0.05, 0) is 38.2 Å². The van der Waals surface area contributed by atoms with Crippen LogP contribution in [0, 0.1) is 57.7 Å². The van der Waals surface area contributed by atoms with Gasteiger partial charge in [0.1, 0.15) is 30.2 Å². The molecule has 0 aromatic carbocycles. The molecule has 0 aromatic rings. The zero-order valence-electron chi connectivity index (χ0n) is 29.7. The van der Waals surface area contributed by atoms with Crippen LogP contribution in [0.4, 0.5) is 0 Å². The lowest BCUT2D eigenvalue weighted by atomic mass is 9.41. The summed E-state index contributed by atoms with van der Waals surface area (Å²) in [6.45, 7) is 13.3. The van der Waals surface area contributed by atoms with Crippen molar-refractivity contribution in [2.24, 2.45) is 57.7 Å². The van der Waals surface area contributed by atoms with Crippen LogP contribution in [0.2, 0.25) is 0 Å². The number of allylic oxidation sites excluding steroid dienone is 1. The van der Waals surface area contributed by atoms with Gasteiger partial charge in [0, 0.05) is 68.1 Å². The molecule has 2 aliphatic heterocycles. The van der Waals surface area contributed by atoms with Crippen LogP contribution in [0.1, 0.15) is 68.7 Å². The summed E-state index contributed by atoms with van der Waals surface area (Å²) < 4.78 is 35.8. The second-order valence-corrected chi connectivity index (χ2v) is 16.5. The summed E-state index contributed by atoms with van der Waals surface area (Å²) in [5.74, 6) is -10.1. The minimum atomic E-state index is -2.09. The van der Waals surface area contributed by atoms with Crippen molar-refractivity contribution in [3.05, 3.63) is 11.8 Å². The monoisotopic (exact) mass is 702 g/mol. The number of Topliss-reactive ketones (excluding diaryl/α,β-unsaturated/α-hetero) is 1. The summed E-state index contributed by atoms with van der Waals surface area (Å²) in [7, 11) is 0. The molecule has 14 heteroatoms. The quantitative estimate of drug-likeness (QED) is 0.242. The number of epoxide rings is 1. The second-order valence-electron chi connectivity index (χ2n) is 16.5. The Balaban J connectivity index is 1.51. The van der Waals surface area contributed by atoms with E-state index in [0.29, 0.717) is 0 Å². The first-order chi connectivity index (χ1) is 23.1. The van der Waals surface area contributed by atoms with E-state index in [9.17, 15) is 34.2 Å². The van der Waals surface area contributed by atoms with Gasteiger partial charge in [-0.15, -0.1) is 0 Å². The molecule has 0 bridgehead atoms. The average Bonchev–Trinajstić information content (AvgIpc) is 3.68. The fourth-order valence-corrected chi connectivity index (χ4v) is 12.2. The zero-order chi connectivity index (χ0) is 36.8. The lowest BCUT2D eigenvalue weighted by Crippen LogP contribution is -2.74. The summed E-state index contributed by atoms with van der Waals surface area (Å²) in [5.41, 5.74) is -6.19. The molecule has 6 fully saturated rings. The van der Waals surface area contributed by atoms with E-state index >= 15 is 4.79 Å². The number of carbonyl (C=O) groups excluding carboxylic acids is 6. The molecule has 2 saturated heterocycles. The number of hydrogen-bond donors (Lipinski definition) is 2. The number of aliphatic hydroxyl groups is 2. The van der Waals surface area contributed by atoms with Crippen LogP contribution in [-0.2, 0) is 57.2 Å². The number of ether oxygens (including phenoxy) is 6. The highest BCUT2D eigenvalue weighted by Crippen LogP contribution is 2.75. The fraction of sp³-hybridized carbons (Fsp3) is 0.778. The van der Waals surface area contributed by atoms with E-state index in [1.54, 1.807) is 26.8 Å². The molecule has 14 nitrogen and oxygen atoms in total. The molecule has 18 atom stereocenters. The van der Waals surface area contributed by atoms with Crippen molar-refractivity contribution in [2.75, 3.05) is 0 Å². The molecule has 2 N–H and O–H groups in total. The van der Waals surface area contributed by atoms with Crippen molar-refractivity contribution in [1.29, 1.82) is 0 Å². The Bertz CT molecular complexity index is 1620. The molecule has 7 aliphatic rings. The van der Waals surface area contributed by atoms with Crippen LogP contribution in [0.25, 0.3) is 0 Å². The van der Waals surface area contributed by atoms with Gasteiger partial charge in [0.15, 0.2) is 17.5 Å². The first-order valence-electron chi connectivity index (χ1n) is 17.4. The minimum absolute atomic E-state index is 0.193. The van der Waals surface area contributed by atoms with Gasteiger partial charge in [-0.1, -0.05) is 20.8 Å². The van der Waals surface area contributed by atoms with Crippen LogP contribution in [0.15, 0.2) is 11.8 Å². The molecule has 50 heavy (non-hydrogen) atoms. The molecular weight excluding hydrogens is 656 g/mol. The highest BCUT2D eigenvalue weighted by molar-refractivity contribution is 5.90. The van der Waals surface area contributed by atoms with Crippen molar-refractivity contribution in [3.8, 4) is 0 Å². The third-order valence-electron chi connectivity index (χ3n) is 14.1. The van der Waals surface area contributed by atoms with Crippen LogP contribution >= 0.6 is 0 Å². The Morgan fingerprint density at radius 1 is 0.800 bits per heavy atom. The predicted octanol–water partition coefficient (Wildman–Crippen LogP) is 1.41. The van der Waals surface area contributed by atoms with E-state index in [0.717, 1.165) is 0 Å². The largest absolute Gasteiger partial charge is 0.459 e. The van der Waals surface area contributed by atoms with E-state index in [1.165, 1.54) is 34.6 Å². The van der Waals surface area contributed by atoms with Crippen LogP contribution in [0.5, 0.6) is 0 Å². The molecule has 4 saturated carbocycles. The number of hydrogen-bond acceptors (Lipinski definition) is 14. The number of esters is 5. The van der Waals surface area contributed by atoms with Crippen LogP contribution in [0.3, 0.4) is 0 Å². The normalized spacial score (nSPS) is 52.3. The first kappa shape index (κ1) is 35.1. The highest BCUT2D eigenvalue weighted by atomic mass is 16.6. The van der Waals surface area contributed by atoms with Gasteiger partial charge in [0.25, 0.3) is 0 Å². The predicted molar refractivity (Wildman–Crippen MR) is 166 cm³/mol. The molecule has 0 spiro atoms. The molecule has 0 aromatic heterocycles. The number of ketones is 1. The van der Waals surface area contributed by atoms with Crippen molar-refractivity contribution in [2.45, 2.75) is 117 Å². The summed E-state index contributed by atoms with van der Waals surface area (Å²) >= 11 is 0. The molecule has 2 heterocycles. The maximum atomic E-state index is 15.2. The minimum Gasteiger partial charge on any atom is -0.459 e. The van der Waals surface area contributed by atoms with E-state index in [1.807, 2.05) is 6.92 Å². The van der Waals surface area contributed by atoms with Gasteiger partial charge in [0.05, 0.1) is 17.6 Å². The van der Waals surface area contributed by atoms with Crippen molar-refractivity contribution < 1.29 is 67.4 Å². The topological polar surface area (TPSA) is 202 Å². The Morgan fingerprint density at radius 2 is 1.38 bits per heavy atom. The number of aliphatic hydroxyl groups excluding tert-OH is 1. The smallest absolute Gasteiger partial charge is 0.343 e. The molecule has 274 valence electrons. The summed E-state index contributed by atoms with van der Waals surface area (Å²) in [5, 5.41) is 24.6. The number of fused-ring (bicyclic) bond motifs is 10. The maximum absolute atomic E-state index is 15.2. The molecular formula is C36H46O14. The van der Waals surface area contributed by atoms with E-state index in [2.05, 4.69) is 0 Å². The van der Waals surface area contributed by atoms with Crippen molar-refractivity contribution in [3.63, 3.8) is 0 Å². The third kappa shape index (κ3) is 4.24. The zero-order valence-corrected chi connectivity index (χ0v) is 29.7. The summed E-state index contributed by atoms with van der Waals surface area (Å²) in [4.78, 5) is 79.8. The number of carbonyl (C=O) groups is 6. The second kappa shape index (κ2) is 10.8. The molecule has 5 aliphatic carbocycles. The molecule has 0 radical (unpaired) electrons. The van der Waals surface area contributed by atoms with E-state index in [4.69, 9.17) is 28.4 Å². The third-order valence-corrected chi connectivity index (χ3v) is 14.1. The average molecular weight is 703 g/mol. The van der Waals surface area contributed by atoms with E-state index < -0.39 is 142 Å². The molecule has 7 rings (SSSR count). The fourth-order valence-electron chi connectivity index (χ4n) is 12.2. The molecule has 0 unspecified atom stereocenters. The van der Waals surface area contributed by atoms with Gasteiger partial charge >= 0.3 is 29.8 Å².